The normalized spacial score (nSPS) is 15.4. The van der Waals surface area contributed by atoms with E-state index in [-0.39, 0.29) is 17.7 Å². The molecule has 4 rings (SSSR count). The summed E-state index contributed by atoms with van der Waals surface area (Å²) in [5.74, 6) is -1.71. The fourth-order valence-corrected chi connectivity index (χ4v) is 3.90. The van der Waals surface area contributed by atoms with Crippen LogP contribution in [0.1, 0.15) is 43.1 Å². The number of fused-ring (bicyclic) bond motifs is 1. The Morgan fingerprint density at radius 2 is 1.62 bits per heavy atom. The molecular formula is C27H26FN3O3. The van der Waals surface area contributed by atoms with E-state index in [0.717, 1.165) is 5.56 Å². The molecule has 0 aliphatic carbocycles. The van der Waals surface area contributed by atoms with Crippen LogP contribution in [0.4, 0.5) is 21.5 Å². The van der Waals surface area contributed by atoms with Crippen LogP contribution in [0, 0.1) is 5.82 Å². The number of hydrogen-bond acceptors (Lipinski definition) is 3. The second kappa shape index (κ2) is 9.09. The predicted octanol–water partition coefficient (Wildman–Crippen LogP) is 5.12. The molecule has 0 radical (unpaired) electrons. The van der Waals surface area contributed by atoms with E-state index in [1.807, 2.05) is 12.1 Å². The molecule has 3 amide bonds. The van der Waals surface area contributed by atoms with Crippen molar-refractivity contribution in [3.63, 3.8) is 0 Å². The molecule has 0 saturated heterocycles. The summed E-state index contributed by atoms with van der Waals surface area (Å²) in [6, 6.07) is 18.6. The lowest BCUT2D eigenvalue weighted by atomic mass is 9.86. The van der Waals surface area contributed by atoms with Crippen LogP contribution in [-0.2, 0) is 15.0 Å². The molecule has 0 spiro atoms. The molecule has 0 aromatic heterocycles. The zero-order valence-corrected chi connectivity index (χ0v) is 19.3. The number of amides is 3. The van der Waals surface area contributed by atoms with Gasteiger partial charge in [0, 0.05) is 11.3 Å². The minimum Gasteiger partial charge on any atom is -0.326 e. The van der Waals surface area contributed by atoms with Gasteiger partial charge in [-0.1, -0.05) is 45.0 Å². The largest absolute Gasteiger partial charge is 0.326 e. The summed E-state index contributed by atoms with van der Waals surface area (Å²) in [6.07, 6.45) is -0.261. The Morgan fingerprint density at radius 1 is 0.971 bits per heavy atom. The quantitative estimate of drug-likeness (QED) is 0.569. The SMILES string of the molecule is CC(C)(C)c1ccc(C(=O)N2c3ccccc3NC(=O)[C@H]2CC(=O)Nc2ccc(F)cc2)cc1. The maximum Gasteiger partial charge on any atom is 0.259 e. The van der Waals surface area contributed by atoms with Gasteiger partial charge in [-0.2, -0.15) is 0 Å². The number of nitrogens with one attached hydrogen (secondary N) is 2. The maximum atomic E-state index is 13.6. The van der Waals surface area contributed by atoms with Crippen molar-refractivity contribution in [1.29, 1.82) is 0 Å². The van der Waals surface area contributed by atoms with E-state index in [0.29, 0.717) is 22.6 Å². The van der Waals surface area contributed by atoms with Crippen molar-refractivity contribution in [3.05, 3.63) is 89.7 Å². The highest BCUT2D eigenvalue weighted by Crippen LogP contribution is 2.34. The molecule has 1 atom stereocenters. The first kappa shape index (κ1) is 23.2. The van der Waals surface area contributed by atoms with Crippen LogP contribution >= 0.6 is 0 Å². The molecule has 1 aliphatic heterocycles. The van der Waals surface area contributed by atoms with E-state index in [4.69, 9.17) is 0 Å². The van der Waals surface area contributed by atoms with Gasteiger partial charge in [0.2, 0.25) is 11.8 Å². The van der Waals surface area contributed by atoms with Crippen LogP contribution in [-0.4, -0.2) is 23.8 Å². The van der Waals surface area contributed by atoms with Crippen molar-refractivity contribution < 1.29 is 18.8 Å². The average Bonchev–Trinajstić information content (AvgIpc) is 2.80. The summed E-state index contributed by atoms with van der Waals surface area (Å²) in [4.78, 5) is 40.8. The van der Waals surface area contributed by atoms with Gasteiger partial charge in [-0.15, -0.1) is 0 Å². The molecule has 3 aromatic rings. The van der Waals surface area contributed by atoms with Crippen LogP contribution in [0.15, 0.2) is 72.8 Å². The van der Waals surface area contributed by atoms with Crippen molar-refractivity contribution in [3.8, 4) is 0 Å². The number of nitrogens with zero attached hydrogens (tertiary/aromatic N) is 1. The fourth-order valence-electron chi connectivity index (χ4n) is 3.90. The third-order valence-electron chi connectivity index (χ3n) is 5.76. The highest BCUT2D eigenvalue weighted by atomic mass is 19.1. The second-order valence-corrected chi connectivity index (χ2v) is 9.28. The van der Waals surface area contributed by atoms with Gasteiger partial charge in [0.05, 0.1) is 17.8 Å². The van der Waals surface area contributed by atoms with Gasteiger partial charge < -0.3 is 10.6 Å². The highest BCUT2D eigenvalue weighted by molar-refractivity contribution is 6.17. The Kier molecular flexibility index (Phi) is 6.20. The number of para-hydroxylation sites is 2. The van der Waals surface area contributed by atoms with Crippen LogP contribution in [0.2, 0.25) is 0 Å². The van der Waals surface area contributed by atoms with Gasteiger partial charge >= 0.3 is 0 Å². The first-order valence-electron chi connectivity index (χ1n) is 11.0. The average molecular weight is 460 g/mol. The number of benzene rings is 3. The van der Waals surface area contributed by atoms with Crippen molar-refractivity contribution >= 4 is 34.8 Å². The van der Waals surface area contributed by atoms with E-state index in [9.17, 15) is 18.8 Å². The summed E-state index contributed by atoms with van der Waals surface area (Å²) in [6.45, 7) is 6.26. The van der Waals surface area contributed by atoms with E-state index in [1.165, 1.54) is 29.2 Å². The lowest BCUT2D eigenvalue weighted by Gasteiger charge is -2.36. The third kappa shape index (κ3) is 4.83. The molecule has 0 unspecified atom stereocenters. The van der Waals surface area contributed by atoms with Gasteiger partial charge in [-0.05, 0) is 59.5 Å². The molecule has 1 aliphatic rings. The van der Waals surface area contributed by atoms with Gasteiger partial charge in [-0.3, -0.25) is 19.3 Å². The topological polar surface area (TPSA) is 78.5 Å². The Morgan fingerprint density at radius 3 is 2.26 bits per heavy atom. The monoisotopic (exact) mass is 459 g/mol. The lowest BCUT2D eigenvalue weighted by Crippen LogP contribution is -2.52. The number of anilines is 3. The predicted molar refractivity (Wildman–Crippen MR) is 130 cm³/mol. The summed E-state index contributed by atoms with van der Waals surface area (Å²) < 4.78 is 13.2. The zero-order chi connectivity index (χ0) is 24.5. The summed E-state index contributed by atoms with van der Waals surface area (Å²) in [5.41, 5.74) is 2.85. The summed E-state index contributed by atoms with van der Waals surface area (Å²) in [5, 5.41) is 5.45. The number of halogens is 1. The summed E-state index contributed by atoms with van der Waals surface area (Å²) >= 11 is 0. The molecular weight excluding hydrogens is 433 g/mol. The molecule has 1 heterocycles. The van der Waals surface area contributed by atoms with Gasteiger partial charge in [0.15, 0.2) is 0 Å². The molecule has 7 heteroatoms. The van der Waals surface area contributed by atoms with Crippen LogP contribution in [0.5, 0.6) is 0 Å². The molecule has 174 valence electrons. The van der Waals surface area contributed by atoms with E-state index < -0.39 is 23.7 Å². The zero-order valence-electron chi connectivity index (χ0n) is 19.3. The number of hydrogen-bond donors (Lipinski definition) is 2. The second-order valence-electron chi connectivity index (χ2n) is 9.28. The number of carbonyl (C=O) groups excluding carboxylic acids is 3. The van der Waals surface area contributed by atoms with Crippen molar-refractivity contribution in [2.45, 2.75) is 38.6 Å². The standard InChI is InChI=1S/C27H26FN3O3/c1-27(2,3)18-10-8-17(9-11-18)26(34)31-22-7-5-4-6-21(22)30-25(33)23(31)16-24(32)29-20-14-12-19(28)13-15-20/h4-15,23H,16H2,1-3H3,(H,29,32)(H,30,33)/t23-/m1/s1. The maximum absolute atomic E-state index is 13.6. The number of rotatable bonds is 4. The van der Waals surface area contributed by atoms with Crippen molar-refractivity contribution in [1.82, 2.24) is 0 Å². The van der Waals surface area contributed by atoms with Crippen LogP contribution < -0.4 is 15.5 Å². The Labute approximate surface area is 197 Å². The fraction of sp³-hybridized carbons (Fsp3) is 0.222. The summed E-state index contributed by atoms with van der Waals surface area (Å²) in [7, 11) is 0. The highest BCUT2D eigenvalue weighted by Gasteiger charge is 2.38. The Hall–Kier alpha value is -4.00. The minimum absolute atomic E-state index is 0.0693. The number of carbonyl (C=O) groups is 3. The Bertz CT molecular complexity index is 1230. The molecule has 34 heavy (non-hydrogen) atoms. The lowest BCUT2D eigenvalue weighted by molar-refractivity contribution is -0.122. The molecule has 3 aromatic carbocycles. The van der Waals surface area contributed by atoms with Crippen LogP contribution in [0.3, 0.4) is 0 Å². The van der Waals surface area contributed by atoms with E-state index in [1.54, 1.807) is 36.4 Å². The van der Waals surface area contributed by atoms with Gasteiger partial charge in [-0.25, -0.2) is 4.39 Å². The van der Waals surface area contributed by atoms with Crippen LogP contribution in [0.25, 0.3) is 0 Å². The first-order valence-corrected chi connectivity index (χ1v) is 11.0. The molecule has 0 bridgehead atoms. The molecule has 6 nitrogen and oxygen atoms in total. The van der Waals surface area contributed by atoms with Crippen molar-refractivity contribution in [2.75, 3.05) is 15.5 Å². The van der Waals surface area contributed by atoms with Gasteiger partial charge in [0.1, 0.15) is 11.9 Å². The smallest absolute Gasteiger partial charge is 0.259 e. The molecule has 0 fully saturated rings. The van der Waals surface area contributed by atoms with E-state index in [2.05, 4.69) is 31.4 Å². The van der Waals surface area contributed by atoms with Crippen molar-refractivity contribution in [2.24, 2.45) is 0 Å². The molecule has 2 N–H and O–H groups in total. The van der Waals surface area contributed by atoms with E-state index >= 15 is 0 Å². The molecule has 0 saturated carbocycles. The minimum atomic E-state index is -1.05. The first-order chi connectivity index (χ1) is 16.1. The Balaban J connectivity index is 1.64. The van der Waals surface area contributed by atoms with Gasteiger partial charge in [0.25, 0.3) is 5.91 Å². The third-order valence-corrected chi connectivity index (χ3v) is 5.76.